The molecule has 4 rings (SSSR count). The summed E-state index contributed by atoms with van der Waals surface area (Å²) in [6.45, 7) is 1.45. The van der Waals surface area contributed by atoms with E-state index in [0.717, 1.165) is 12.1 Å². The minimum Gasteiger partial charge on any atom is -0.479 e. The number of nitro groups is 1. The second kappa shape index (κ2) is 10.6. The van der Waals surface area contributed by atoms with Crippen molar-refractivity contribution in [2.45, 2.75) is 43.9 Å². The number of aromatic nitrogens is 4. The quantitative estimate of drug-likeness (QED) is 0.237. The van der Waals surface area contributed by atoms with Crippen molar-refractivity contribution in [3.8, 4) is 11.5 Å². The zero-order valence-electron chi connectivity index (χ0n) is 21.2. The van der Waals surface area contributed by atoms with Crippen LogP contribution in [0, 0.1) is 10.1 Å². The van der Waals surface area contributed by atoms with Crippen LogP contribution in [-0.4, -0.2) is 68.8 Å². The number of hydrogen-bond donors (Lipinski definition) is 1. The van der Waals surface area contributed by atoms with Crippen LogP contribution in [0.25, 0.3) is 0 Å². The van der Waals surface area contributed by atoms with Gasteiger partial charge in [0.15, 0.2) is 17.7 Å². The fourth-order valence-corrected chi connectivity index (χ4v) is 4.57. The Balaban J connectivity index is 1.89. The highest BCUT2D eigenvalue weighted by Gasteiger charge is 2.54. The lowest BCUT2D eigenvalue weighted by Crippen LogP contribution is -2.62. The molecular weight excluding hydrogens is 529 g/mol. The van der Waals surface area contributed by atoms with Crippen molar-refractivity contribution in [1.29, 1.82) is 0 Å². The van der Waals surface area contributed by atoms with Crippen LogP contribution < -0.4 is 14.4 Å². The van der Waals surface area contributed by atoms with E-state index in [9.17, 15) is 28.4 Å². The van der Waals surface area contributed by atoms with Gasteiger partial charge in [-0.25, -0.2) is 0 Å². The van der Waals surface area contributed by atoms with Gasteiger partial charge in [-0.2, -0.15) is 4.80 Å². The second-order valence-corrected chi connectivity index (χ2v) is 8.82. The van der Waals surface area contributed by atoms with Crippen molar-refractivity contribution in [2.75, 3.05) is 19.1 Å². The third kappa shape index (κ3) is 5.71. The Bertz CT molecular complexity index is 1320. The molecule has 0 spiro atoms. The zero-order valence-corrected chi connectivity index (χ0v) is 21.2. The standard InChI is InChI=1S/C23H25F3N6O7/c1-22(21(36-3)37-4)20(33)19(16-11-14(32(34)35)7-10-17(16)39-22)31(12-18-27-29-30(2)28-18)13-5-8-15(9-6-13)38-23(24,25)26/h5-11,19-21,33H,12H2,1-4H3/t19-,20+,22+/m0/s1. The number of aliphatic hydroxyl groups excluding tert-OH is 1. The molecular formula is C23H25F3N6O7. The molecule has 16 heteroatoms. The van der Waals surface area contributed by atoms with Gasteiger partial charge in [0, 0.05) is 37.6 Å². The molecule has 3 atom stereocenters. The molecule has 2 heterocycles. The molecule has 1 aliphatic rings. The number of fused-ring (bicyclic) bond motifs is 1. The van der Waals surface area contributed by atoms with Gasteiger partial charge in [-0.05, 0) is 42.5 Å². The van der Waals surface area contributed by atoms with Crippen LogP contribution in [0.1, 0.15) is 24.4 Å². The molecule has 0 fully saturated rings. The van der Waals surface area contributed by atoms with Gasteiger partial charge in [0.05, 0.1) is 24.6 Å². The molecule has 1 N–H and O–H groups in total. The van der Waals surface area contributed by atoms with Gasteiger partial charge >= 0.3 is 6.36 Å². The predicted octanol–water partition coefficient (Wildman–Crippen LogP) is 2.90. The number of nitro benzene ring substituents is 1. The van der Waals surface area contributed by atoms with Gasteiger partial charge in [0.1, 0.15) is 17.6 Å². The Kier molecular flexibility index (Phi) is 7.63. The molecule has 0 saturated heterocycles. The number of tetrazole rings is 1. The molecule has 39 heavy (non-hydrogen) atoms. The zero-order chi connectivity index (χ0) is 28.5. The largest absolute Gasteiger partial charge is 0.573 e. The highest BCUT2D eigenvalue weighted by atomic mass is 19.4. The Hall–Kier alpha value is -4.02. The monoisotopic (exact) mass is 554 g/mol. The summed E-state index contributed by atoms with van der Waals surface area (Å²) in [5, 5.41) is 35.4. The van der Waals surface area contributed by atoms with Gasteiger partial charge in [0.25, 0.3) is 5.69 Å². The molecule has 0 unspecified atom stereocenters. The predicted molar refractivity (Wildman–Crippen MR) is 127 cm³/mol. The van der Waals surface area contributed by atoms with Crippen molar-refractivity contribution in [3.63, 3.8) is 0 Å². The summed E-state index contributed by atoms with van der Waals surface area (Å²) in [5.74, 6) is -0.0572. The number of aliphatic hydroxyl groups is 1. The summed E-state index contributed by atoms with van der Waals surface area (Å²) in [6, 6.07) is 7.72. The van der Waals surface area contributed by atoms with Crippen LogP contribution in [-0.2, 0) is 23.1 Å². The van der Waals surface area contributed by atoms with E-state index >= 15 is 0 Å². The van der Waals surface area contributed by atoms with Crippen LogP contribution >= 0.6 is 0 Å². The summed E-state index contributed by atoms with van der Waals surface area (Å²) in [4.78, 5) is 13.8. The van der Waals surface area contributed by atoms with Crippen LogP contribution in [0.15, 0.2) is 42.5 Å². The molecule has 3 aromatic rings. The molecule has 13 nitrogen and oxygen atoms in total. The lowest BCUT2D eigenvalue weighted by atomic mass is 9.83. The molecule has 0 radical (unpaired) electrons. The van der Waals surface area contributed by atoms with E-state index in [1.165, 1.54) is 49.3 Å². The Morgan fingerprint density at radius 1 is 1.23 bits per heavy atom. The highest BCUT2D eigenvalue weighted by Crippen LogP contribution is 2.47. The van der Waals surface area contributed by atoms with Gasteiger partial charge in [-0.15, -0.1) is 23.4 Å². The molecule has 1 aliphatic heterocycles. The van der Waals surface area contributed by atoms with Gasteiger partial charge in [-0.3, -0.25) is 10.1 Å². The summed E-state index contributed by atoms with van der Waals surface area (Å²) < 4.78 is 59.2. The van der Waals surface area contributed by atoms with Gasteiger partial charge in [0.2, 0.25) is 0 Å². The average molecular weight is 554 g/mol. The average Bonchev–Trinajstić information content (AvgIpc) is 3.28. The fraction of sp³-hybridized carbons (Fsp3) is 0.435. The fourth-order valence-electron chi connectivity index (χ4n) is 4.57. The van der Waals surface area contributed by atoms with Crippen LogP contribution in [0.4, 0.5) is 24.5 Å². The van der Waals surface area contributed by atoms with Crippen molar-refractivity contribution in [3.05, 3.63) is 64.0 Å². The van der Waals surface area contributed by atoms with E-state index in [-0.39, 0.29) is 29.4 Å². The number of halogens is 3. The first-order valence-electron chi connectivity index (χ1n) is 11.4. The molecule has 0 aliphatic carbocycles. The number of methoxy groups -OCH3 is 2. The van der Waals surface area contributed by atoms with Crippen molar-refractivity contribution in [2.24, 2.45) is 7.05 Å². The third-order valence-electron chi connectivity index (χ3n) is 6.23. The summed E-state index contributed by atoms with van der Waals surface area (Å²) in [5.41, 5.74) is -1.25. The van der Waals surface area contributed by atoms with E-state index in [0.29, 0.717) is 5.69 Å². The van der Waals surface area contributed by atoms with E-state index < -0.39 is 41.1 Å². The van der Waals surface area contributed by atoms with E-state index in [1.807, 2.05) is 0 Å². The number of nitrogens with zero attached hydrogens (tertiary/aromatic N) is 6. The topological polar surface area (TPSA) is 147 Å². The number of benzene rings is 2. The van der Waals surface area contributed by atoms with Gasteiger partial charge < -0.3 is 29.0 Å². The minimum atomic E-state index is -4.89. The number of rotatable bonds is 9. The van der Waals surface area contributed by atoms with Crippen molar-refractivity contribution >= 4 is 11.4 Å². The molecule has 0 amide bonds. The first kappa shape index (κ1) is 28.0. The van der Waals surface area contributed by atoms with Crippen molar-refractivity contribution in [1.82, 2.24) is 20.2 Å². The smallest absolute Gasteiger partial charge is 0.479 e. The first-order valence-corrected chi connectivity index (χ1v) is 11.4. The van der Waals surface area contributed by atoms with E-state index in [2.05, 4.69) is 20.1 Å². The van der Waals surface area contributed by atoms with Crippen LogP contribution in [0.3, 0.4) is 0 Å². The second-order valence-electron chi connectivity index (χ2n) is 8.82. The SMILES string of the molecule is COC(OC)[C@]1(C)Oc2ccc([N+](=O)[O-])cc2[C@H](N(Cc2nnn(C)n2)c2ccc(OC(F)(F)F)cc2)[C@H]1O. The van der Waals surface area contributed by atoms with Crippen LogP contribution in [0.2, 0.25) is 0 Å². The first-order chi connectivity index (χ1) is 18.4. The minimum absolute atomic E-state index is 0.0993. The lowest BCUT2D eigenvalue weighted by molar-refractivity contribution is -0.385. The maximum absolute atomic E-state index is 12.7. The number of ether oxygens (including phenoxy) is 4. The number of non-ortho nitro benzene ring substituents is 1. The molecule has 0 bridgehead atoms. The Labute approximate surface area is 219 Å². The summed E-state index contributed by atoms with van der Waals surface area (Å²) >= 11 is 0. The van der Waals surface area contributed by atoms with E-state index in [1.54, 1.807) is 18.9 Å². The number of alkyl halides is 3. The molecule has 210 valence electrons. The summed E-state index contributed by atoms with van der Waals surface area (Å²) in [6.07, 6.45) is -7.44. The van der Waals surface area contributed by atoms with Crippen LogP contribution in [0.5, 0.6) is 11.5 Å². The van der Waals surface area contributed by atoms with Crippen molar-refractivity contribution < 1.29 is 42.1 Å². The van der Waals surface area contributed by atoms with E-state index in [4.69, 9.17) is 14.2 Å². The number of aryl methyl sites for hydroxylation is 1. The number of hydrogen-bond acceptors (Lipinski definition) is 11. The molecule has 1 aromatic heterocycles. The number of anilines is 1. The third-order valence-corrected chi connectivity index (χ3v) is 6.23. The lowest BCUT2D eigenvalue weighted by Gasteiger charge is -2.49. The summed E-state index contributed by atoms with van der Waals surface area (Å²) in [7, 11) is 4.26. The molecule has 2 aromatic carbocycles. The Morgan fingerprint density at radius 3 is 2.44 bits per heavy atom. The highest BCUT2D eigenvalue weighted by molar-refractivity contribution is 5.56. The normalized spacial score (nSPS) is 20.8. The Morgan fingerprint density at radius 2 is 1.90 bits per heavy atom. The van der Waals surface area contributed by atoms with Gasteiger partial charge in [-0.1, -0.05) is 0 Å². The maximum atomic E-state index is 12.7. The molecule has 0 saturated carbocycles. The maximum Gasteiger partial charge on any atom is 0.573 e.